The summed E-state index contributed by atoms with van der Waals surface area (Å²) in [5.74, 6) is 0.436. The van der Waals surface area contributed by atoms with E-state index in [1.807, 2.05) is 0 Å². The number of para-hydroxylation sites is 2. The largest absolute Gasteiger partial charge is 0.476 e. The van der Waals surface area contributed by atoms with Gasteiger partial charge in [-0.25, -0.2) is 8.42 Å². The molecule has 1 aliphatic rings. The van der Waals surface area contributed by atoms with Crippen LogP contribution in [0.4, 0.5) is 10.8 Å². The fraction of sp³-hybridized carbons (Fsp3) is 0.150. The lowest BCUT2D eigenvalue weighted by Crippen LogP contribution is -2.48. The minimum atomic E-state index is -3.96. The molecule has 8 nitrogen and oxygen atoms in total. The van der Waals surface area contributed by atoms with Crippen molar-refractivity contribution in [3.63, 3.8) is 0 Å². The van der Waals surface area contributed by atoms with E-state index in [1.54, 1.807) is 30.3 Å². The van der Waals surface area contributed by atoms with Crippen LogP contribution in [0.3, 0.4) is 0 Å². The van der Waals surface area contributed by atoms with E-state index in [0.717, 1.165) is 0 Å². The molecular weight excluding hydrogens is 492 g/mol. The Balaban J connectivity index is 1.59. The molecule has 1 atom stereocenters. The third-order valence-electron chi connectivity index (χ3n) is 4.39. The Hall–Kier alpha value is -2.60. The Morgan fingerprint density at radius 2 is 2.03 bits per heavy atom. The molecule has 3 aromatic rings. The third-order valence-corrected chi connectivity index (χ3v) is 8.40. The van der Waals surface area contributed by atoms with Gasteiger partial charge in [0.05, 0.1) is 17.1 Å². The highest BCUT2D eigenvalue weighted by atomic mass is 35.5. The standard InChI is InChI=1S/C20H17ClN4O4S3/c1-2-11-30-20-24-23-19(31-20)22-18(26)17-12-25(15-5-3-4-6-16(15)29-17)32(27,28)14-9-7-13(21)8-10-14/h2-10,17H,1,11-12H2,(H,22,23,26)/t17-/m0/s1. The molecule has 0 unspecified atom stereocenters. The number of sulfonamides is 1. The number of carbonyl (C=O) groups is 1. The van der Waals surface area contributed by atoms with Gasteiger partial charge in [0.15, 0.2) is 10.4 Å². The Labute approximate surface area is 198 Å². The van der Waals surface area contributed by atoms with E-state index in [9.17, 15) is 13.2 Å². The van der Waals surface area contributed by atoms with Crippen molar-refractivity contribution in [3.8, 4) is 5.75 Å². The van der Waals surface area contributed by atoms with Gasteiger partial charge in [0, 0.05) is 10.8 Å². The van der Waals surface area contributed by atoms with Crippen molar-refractivity contribution in [1.82, 2.24) is 10.2 Å². The molecule has 0 fully saturated rings. The number of thioether (sulfide) groups is 1. The predicted octanol–water partition coefficient (Wildman–Crippen LogP) is 4.06. The maximum Gasteiger partial charge on any atom is 0.269 e. The molecule has 1 aromatic heterocycles. The minimum Gasteiger partial charge on any atom is -0.476 e. The molecule has 166 valence electrons. The number of hydrogen-bond donors (Lipinski definition) is 1. The fourth-order valence-corrected chi connectivity index (χ4v) is 6.05. The summed E-state index contributed by atoms with van der Waals surface area (Å²) >= 11 is 8.56. The van der Waals surface area contributed by atoms with E-state index in [0.29, 0.717) is 25.9 Å². The Morgan fingerprint density at radius 3 is 2.78 bits per heavy atom. The van der Waals surface area contributed by atoms with E-state index < -0.39 is 22.0 Å². The van der Waals surface area contributed by atoms with E-state index in [-0.39, 0.29) is 17.2 Å². The third kappa shape index (κ3) is 4.75. The molecule has 2 aromatic carbocycles. The molecule has 1 N–H and O–H groups in total. The number of rotatable bonds is 7. The van der Waals surface area contributed by atoms with Crippen molar-refractivity contribution in [2.24, 2.45) is 0 Å². The molecule has 0 radical (unpaired) electrons. The highest BCUT2D eigenvalue weighted by Crippen LogP contribution is 2.37. The van der Waals surface area contributed by atoms with Crippen molar-refractivity contribution < 1.29 is 17.9 Å². The number of ether oxygens (including phenoxy) is 1. The molecule has 0 spiro atoms. The number of hydrogen-bond acceptors (Lipinski definition) is 8. The first-order valence-corrected chi connectivity index (χ1v) is 12.9. The van der Waals surface area contributed by atoms with Crippen LogP contribution < -0.4 is 14.4 Å². The van der Waals surface area contributed by atoms with Gasteiger partial charge in [0.2, 0.25) is 5.13 Å². The lowest BCUT2D eigenvalue weighted by molar-refractivity contribution is -0.122. The van der Waals surface area contributed by atoms with E-state index in [1.165, 1.54) is 51.7 Å². The van der Waals surface area contributed by atoms with Gasteiger partial charge in [0.25, 0.3) is 15.9 Å². The van der Waals surface area contributed by atoms with Crippen LogP contribution in [0.15, 0.2) is 70.4 Å². The normalized spacial score (nSPS) is 15.5. The van der Waals surface area contributed by atoms with Crippen LogP contribution in [-0.4, -0.2) is 42.9 Å². The van der Waals surface area contributed by atoms with Gasteiger partial charge < -0.3 is 4.74 Å². The van der Waals surface area contributed by atoms with Gasteiger partial charge in [0.1, 0.15) is 5.75 Å². The number of benzene rings is 2. The monoisotopic (exact) mass is 508 g/mol. The molecular formula is C20H17ClN4O4S3. The van der Waals surface area contributed by atoms with Crippen LogP contribution in [0.2, 0.25) is 5.02 Å². The minimum absolute atomic E-state index is 0.0609. The first-order valence-electron chi connectivity index (χ1n) is 9.30. The van der Waals surface area contributed by atoms with Crippen LogP contribution in [0.5, 0.6) is 5.75 Å². The lowest BCUT2D eigenvalue weighted by Gasteiger charge is -2.34. The highest BCUT2D eigenvalue weighted by Gasteiger charge is 2.37. The van der Waals surface area contributed by atoms with E-state index in [2.05, 4.69) is 22.1 Å². The summed E-state index contributed by atoms with van der Waals surface area (Å²) in [6.45, 7) is 3.45. The Bertz CT molecular complexity index is 1250. The number of fused-ring (bicyclic) bond motifs is 1. The number of nitrogens with zero attached hydrogens (tertiary/aromatic N) is 3. The van der Waals surface area contributed by atoms with Crippen LogP contribution in [0.1, 0.15) is 0 Å². The average molecular weight is 509 g/mol. The van der Waals surface area contributed by atoms with E-state index in [4.69, 9.17) is 16.3 Å². The number of amides is 1. The number of aromatic nitrogens is 2. The van der Waals surface area contributed by atoms with Gasteiger partial charge in [-0.15, -0.1) is 16.8 Å². The molecule has 1 aliphatic heterocycles. The van der Waals surface area contributed by atoms with Crippen LogP contribution in [0.25, 0.3) is 0 Å². The lowest BCUT2D eigenvalue weighted by atomic mass is 10.2. The van der Waals surface area contributed by atoms with Crippen molar-refractivity contribution in [2.75, 3.05) is 21.9 Å². The molecule has 0 aliphatic carbocycles. The second-order valence-corrected chi connectivity index (χ2v) is 11.1. The van der Waals surface area contributed by atoms with Gasteiger partial charge in [-0.2, -0.15) is 0 Å². The second kappa shape index (κ2) is 9.49. The molecule has 4 rings (SSSR count). The number of nitrogens with one attached hydrogen (secondary N) is 1. The predicted molar refractivity (Wildman–Crippen MR) is 126 cm³/mol. The first-order chi connectivity index (χ1) is 15.4. The molecule has 1 amide bonds. The number of halogens is 1. The fourth-order valence-electron chi connectivity index (χ4n) is 2.93. The quantitative estimate of drug-likeness (QED) is 0.291. The smallest absolute Gasteiger partial charge is 0.269 e. The molecule has 0 bridgehead atoms. The SMILES string of the molecule is C=CCSc1nnc(NC(=O)[C@@H]2CN(S(=O)(=O)c3ccc(Cl)cc3)c3ccccc3O2)s1. The molecule has 0 saturated carbocycles. The van der Waals surface area contributed by atoms with Gasteiger partial charge in [-0.3, -0.25) is 14.4 Å². The second-order valence-electron chi connectivity index (χ2n) is 6.53. The van der Waals surface area contributed by atoms with Crippen LogP contribution in [-0.2, 0) is 14.8 Å². The maximum atomic E-state index is 13.4. The van der Waals surface area contributed by atoms with Crippen molar-refractivity contribution in [1.29, 1.82) is 0 Å². The molecule has 2 heterocycles. The van der Waals surface area contributed by atoms with Crippen LogP contribution in [0, 0.1) is 0 Å². The summed E-state index contributed by atoms with van der Waals surface area (Å²) < 4.78 is 34.4. The molecule has 32 heavy (non-hydrogen) atoms. The first kappa shape index (κ1) is 22.6. The summed E-state index contributed by atoms with van der Waals surface area (Å²) in [5.41, 5.74) is 0.352. The number of carbonyl (C=O) groups excluding carboxylic acids is 1. The van der Waals surface area contributed by atoms with Crippen LogP contribution >= 0.6 is 34.7 Å². The van der Waals surface area contributed by atoms with Crippen molar-refractivity contribution in [3.05, 3.63) is 66.2 Å². The maximum absolute atomic E-state index is 13.4. The zero-order chi connectivity index (χ0) is 22.7. The van der Waals surface area contributed by atoms with Gasteiger partial charge >= 0.3 is 0 Å². The summed E-state index contributed by atoms with van der Waals surface area (Å²) in [6.07, 6.45) is 0.660. The summed E-state index contributed by atoms with van der Waals surface area (Å²) in [6, 6.07) is 12.5. The van der Waals surface area contributed by atoms with Gasteiger partial charge in [-0.1, -0.05) is 52.9 Å². The highest BCUT2D eigenvalue weighted by molar-refractivity contribution is 8.01. The zero-order valence-electron chi connectivity index (χ0n) is 16.5. The Kier molecular flexibility index (Phi) is 6.70. The Morgan fingerprint density at radius 1 is 1.28 bits per heavy atom. The molecule has 12 heteroatoms. The van der Waals surface area contributed by atoms with E-state index >= 15 is 0 Å². The summed E-state index contributed by atoms with van der Waals surface area (Å²) in [7, 11) is -3.96. The van der Waals surface area contributed by atoms with Crippen molar-refractivity contribution >= 4 is 61.4 Å². The average Bonchev–Trinajstić information content (AvgIpc) is 3.24. The summed E-state index contributed by atoms with van der Waals surface area (Å²) in [4.78, 5) is 13.0. The number of anilines is 2. The summed E-state index contributed by atoms with van der Waals surface area (Å²) in [5, 5.41) is 11.3. The van der Waals surface area contributed by atoms with Gasteiger partial charge in [-0.05, 0) is 36.4 Å². The van der Waals surface area contributed by atoms with Crippen molar-refractivity contribution in [2.45, 2.75) is 15.3 Å². The topological polar surface area (TPSA) is 101 Å². The zero-order valence-corrected chi connectivity index (χ0v) is 19.7. The molecule has 0 saturated heterocycles.